The number of rotatable bonds is 6. The number of hydrogen-bond donors (Lipinski definition) is 1. The summed E-state index contributed by atoms with van der Waals surface area (Å²) in [5, 5.41) is 2.89. The van der Waals surface area contributed by atoms with Gasteiger partial charge in [-0.3, -0.25) is 4.79 Å². The monoisotopic (exact) mass is 407 g/mol. The van der Waals surface area contributed by atoms with Crippen LogP contribution in [-0.4, -0.2) is 16.2 Å². The first-order valence-corrected chi connectivity index (χ1v) is 8.70. The molecule has 0 amide bonds. The van der Waals surface area contributed by atoms with Crippen molar-refractivity contribution >= 4 is 11.6 Å². The zero-order chi connectivity index (χ0) is 21.1. The van der Waals surface area contributed by atoms with E-state index in [9.17, 15) is 22.4 Å². The Morgan fingerprint density at radius 1 is 1.10 bits per heavy atom. The van der Waals surface area contributed by atoms with Crippen LogP contribution in [0.2, 0.25) is 0 Å². The Balaban J connectivity index is 2.04. The highest BCUT2D eigenvalue weighted by Crippen LogP contribution is 2.30. The lowest BCUT2D eigenvalue weighted by molar-refractivity contribution is 0.339. The first kappa shape index (κ1) is 20.4. The summed E-state index contributed by atoms with van der Waals surface area (Å²) in [5.74, 6) is -5.06. The van der Waals surface area contributed by atoms with Crippen molar-refractivity contribution in [3.05, 3.63) is 81.3 Å². The van der Waals surface area contributed by atoms with Crippen LogP contribution >= 0.6 is 0 Å². The first-order valence-electron chi connectivity index (χ1n) is 8.70. The Morgan fingerprint density at radius 3 is 2.45 bits per heavy atom. The molecule has 0 radical (unpaired) electrons. The van der Waals surface area contributed by atoms with Gasteiger partial charge in [-0.15, -0.1) is 0 Å². The zero-order valence-corrected chi connectivity index (χ0v) is 15.6. The minimum atomic E-state index is -1.60. The molecule has 152 valence electrons. The van der Waals surface area contributed by atoms with Crippen molar-refractivity contribution in [1.29, 1.82) is 0 Å². The standard InChI is InChI=1S/C20H17F4N3O2/c1-3-29-18-11(2)5-4-6-16(18)25-20-26-19(28)15(23)10-27(20)9-12-7-13(21)17(24)14(22)8-12/h4-8,10H,3,9H2,1-2H3,(H,25,26,28). The molecule has 0 atom stereocenters. The quantitative estimate of drug-likeness (QED) is 0.489. The van der Waals surface area contributed by atoms with E-state index in [1.54, 1.807) is 19.1 Å². The summed E-state index contributed by atoms with van der Waals surface area (Å²) >= 11 is 0. The molecule has 3 aromatic rings. The van der Waals surface area contributed by atoms with Crippen LogP contribution in [-0.2, 0) is 6.54 Å². The molecule has 0 aliphatic rings. The largest absolute Gasteiger partial charge is 0.491 e. The van der Waals surface area contributed by atoms with E-state index in [-0.39, 0.29) is 18.1 Å². The molecule has 1 N–H and O–H groups in total. The number of nitrogens with zero attached hydrogens (tertiary/aromatic N) is 2. The number of para-hydroxylation sites is 1. The molecular formula is C20H17F4N3O2. The van der Waals surface area contributed by atoms with Gasteiger partial charge in [0.25, 0.3) is 0 Å². The second kappa shape index (κ2) is 8.34. The zero-order valence-electron chi connectivity index (χ0n) is 15.6. The maximum atomic E-state index is 13.8. The Labute approximate surface area is 163 Å². The van der Waals surface area contributed by atoms with Gasteiger partial charge in [-0.2, -0.15) is 9.37 Å². The fourth-order valence-electron chi connectivity index (χ4n) is 2.79. The van der Waals surface area contributed by atoms with Crippen LogP contribution in [0.4, 0.5) is 29.2 Å². The minimum Gasteiger partial charge on any atom is -0.491 e. The molecule has 0 saturated heterocycles. The third kappa shape index (κ3) is 4.39. The highest BCUT2D eigenvalue weighted by Gasteiger charge is 2.15. The highest BCUT2D eigenvalue weighted by atomic mass is 19.2. The van der Waals surface area contributed by atoms with Gasteiger partial charge in [-0.05, 0) is 43.2 Å². The lowest BCUT2D eigenvalue weighted by Crippen LogP contribution is -2.20. The Morgan fingerprint density at radius 2 is 1.79 bits per heavy atom. The fraction of sp³-hybridized carbons (Fsp3) is 0.200. The van der Waals surface area contributed by atoms with Gasteiger partial charge in [0.1, 0.15) is 5.75 Å². The molecule has 0 spiro atoms. The number of aromatic nitrogens is 2. The van der Waals surface area contributed by atoms with Gasteiger partial charge < -0.3 is 14.6 Å². The van der Waals surface area contributed by atoms with Crippen molar-refractivity contribution in [2.24, 2.45) is 0 Å². The summed E-state index contributed by atoms with van der Waals surface area (Å²) in [4.78, 5) is 15.4. The molecule has 0 aliphatic heterocycles. The average molecular weight is 407 g/mol. The minimum absolute atomic E-state index is 0.0172. The summed E-state index contributed by atoms with van der Waals surface area (Å²) in [6.45, 7) is 3.75. The van der Waals surface area contributed by atoms with Crippen LogP contribution in [0.15, 0.2) is 41.3 Å². The summed E-state index contributed by atoms with van der Waals surface area (Å²) < 4.78 is 60.8. The Kier molecular flexibility index (Phi) is 5.86. The molecule has 2 aromatic carbocycles. The van der Waals surface area contributed by atoms with Crippen LogP contribution in [0.25, 0.3) is 0 Å². The SMILES string of the molecule is CCOc1c(C)cccc1Nc1nc(=O)c(F)cn1Cc1cc(F)c(F)c(F)c1. The lowest BCUT2D eigenvalue weighted by Gasteiger charge is -2.17. The van der Waals surface area contributed by atoms with E-state index in [0.29, 0.717) is 18.0 Å². The van der Waals surface area contributed by atoms with Crippen molar-refractivity contribution in [2.45, 2.75) is 20.4 Å². The lowest BCUT2D eigenvalue weighted by atomic mass is 10.2. The average Bonchev–Trinajstić information content (AvgIpc) is 2.66. The van der Waals surface area contributed by atoms with Gasteiger partial charge in [-0.1, -0.05) is 12.1 Å². The van der Waals surface area contributed by atoms with Gasteiger partial charge in [0, 0.05) is 6.20 Å². The van der Waals surface area contributed by atoms with E-state index in [4.69, 9.17) is 4.74 Å². The second-order valence-electron chi connectivity index (χ2n) is 6.23. The normalized spacial score (nSPS) is 10.8. The van der Waals surface area contributed by atoms with Crippen LogP contribution < -0.4 is 15.6 Å². The molecule has 0 bridgehead atoms. The molecule has 0 unspecified atom stereocenters. The van der Waals surface area contributed by atoms with Crippen LogP contribution in [0.1, 0.15) is 18.1 Å². The molecule has 0 saturated carbocycles. The number of anilines is 2. The third-order valence-corrected chi connectivity index (χ3v) is 4.10. The molecule has 0 aliphatic carbocycles. The van der Waals surface area contributed by atoms with Crippen LogP contribution in [0, 0.1) is 30.2 Å². The van der Waals surface area contributed by atoms with Crippen molar-refractivity contribution in [3.8, 4) is 5.75 Å². The maximum absolute atomic E-state index is 13.8. The smallest absolute Gasteiger partial charge is 0.310 e. The van der Waals surface area contributed by atoms with Gasteiger partial charge >= 0.3 is 5.56 Å². The van der Waals surface area contributed by atoms with Gasteiger partial charge in [0.05, 0.1) is 18.8 Å². The van der Waals surface area contributed by atoms with E-state index in [1.807, 2.05) is 13.0 Å². The van der Waals surface area contributed by atoms with E-state index < -0.39 is 28.8 Å². The van der Waals surface area contributed by atoms with Crippen LogP contribution in [0.5, 0.6) is 5.75 Å². The number of nitrogens with one attached hydrogen (secondary N) is 1. The van der Waals surface area contributed by atoms with Gasteiger partial charge in [0.15, 0.2) is 17.5 Å². The number of hydrogen-bond acceptors (Lipinski definition) is 4. The summed E-state index contributed by atoms with van der Waals surface area (Å²) in [7, 11) is 0. The molecule has 1 heterocycles. The molecule has 9 heteroatoms. The third-order valence-electron chi connectivity index (χ3n) is 4.10. The Bertz CT molecular complexity index is 1090. The van der Waals surface area contributed by atoms with Crippen molar-refractivity contribution in [2.75, 3.05) is 11.9 Å². The Hall–Kier alpha value is -3.36. The van der Waals surface area contributed by atoms with Crippen LogP contribution in [0.3, 0.4) is 0 Å². The van der Waals surface area contributed by atoms with E-state index >= 15 is 0 Å². The van der Waals surface area contributed by atoms with Crippen molar-refractivity contribution < 1.29 is 22.3 Å². The molecular weight excluding hydrogens is 390 g/mol. The predicted octanol–water partition coefficient (Wildman–Crippen LogP) is 4.30. The first-order chi connectivity index (χ1) is 13.8. The topological polar surface area (TPSA) is 56.1 Å². The summed E-state index contributed by atoms with van der Waals surface area (Å²) in [6, 6.07) is 6.82. The molecule has 29 heavy (non-hydrogen) atoms. The number of ether oxygens (including phenoxy) is 1. The molecule has 5 nitrogen and oxygen atoms in total. The van der Waals surface area contributed by atoms with Gasteiger partial charge in [-0.25, -0.2) is 13.2 Å². The van der Waals surface area contributed by atoms with E-state index in [2.05, 4.69) is 10.3 Å². The number of halogens is 4. The predicted molar refractivity (Wildman–Crippen MR) is 99.5 cm³/mol. The van der Waals surface area contributed by atoms with Crippen molar-refractivity contribution in [3.63, 3.8) is 0 Å². The maximum Gasteiger partial charge on any atom is 0.310 e. The molecule has 0 fully saturated rings. The van der Waals surface area contributed by atoms with Crippen molar-refractivity contribution in [1.82, 2.24) is 9.55 Å². The molecule has 3 rings (SSSR count). The number of aryl methyl sites for hydroxylation is 1. The second-order valence-corrected chi connectivity index (χ2v) is 6.23. The summed E-state index contributed by atoms with van der Waals surface area (Å²) in [6.07, 6.45) is 0.854. The summed E-state index contributed by atoms with van der Waals surface area (Å²) in [5.41, 5.74) is 0.195. The fourth-order valence-corrected chi connectivity index (χ4v) is 2.79. The van der Waals surface area contributed by atoms with Gasteiger partial charge in [0.2, 0.25) is 11.8 Å². The van der Waals surface area contributed by atoms with E-state index in [0.717, 1.165) is 28.5 Å². The molecule has 1 aromatic heterocycles. The number of benzene rings is 2. The van der Waals surface area contributed by atoms with E-state index in [1.165, 1.54) is 0 Å². The highest BCUT2D eigenvalue weighted by molar-refractivity contribution is 5.65.